The molecule has 0 aliphatic heterocycles. The number of alkyl halides is 3. The van der Waals surface area contributed by atoms with Crippen LogP contribution in [0.4, 0.5) is 18.9 Å². The zero-order chi connectivity index (χ0) is 20.3. The van der Waals surface area contributed by atoms with Crippen LogP contribution in [-0.2, 0) is 11.0 Å². The molecule has 0 atom stereocenters. The van der Waals surface area contributed by atoms with Crippen LogP contribution in [0.3, 0.4) is 0 Å². The summed E-state index contributed by atoms with van der Waals surface area (Å²) in [6.45, 7) is 1.73. The van der Waals surface area contributed by atoms with Gasteiger partial charge in [0.15, 0.2) is 5.82 Å². The molecule has 0 bridgehead atoms. The van der Waals surface area contributed by atoms with Gasteiger partial charge in [-0.15, -0.1) is 5.10 Å². The number of carbonyl (C=O) groups is 1. The number of hydrogen-bond donors (Lipinski definition) is 1. The van der Waals surface area contributed by atoms with E-state index in [0.717, 1.165) is 18.2 Å². The highest BCUT2D eigenvalue weighted by molar-refractivity contribution is 6.31. The molecular weight excluding hydrogens is 395 g/mol. The average Bonchev–Trinajstić information content (AvgIpc) is 3.06. The van der Waals surface area contributed by atoms with E-state index in [4.69, 9.17) is 11.6 Å². The first kappa shape index (κ1) is 19.6. The van der Waals surface area contributed by atoms with Crippen molar-refractivity contribution in [1.82, 2.24) is 20.2 Å². The normalized spacial score (nSPS) is 11.8. The lowest BCUT2D eigenvalue weighted by Crippen LogP contribution is -2.09. The van der Waals surface area contributed by atoms with Gasteiger partial charge in [-0.25, -0.2) is 0 Å². The van der Waals surface area contributed by atoms with Crippen molar-refractivity contribution >= 4 is 29.3 Å². The molecular formula is C18H13ClF3N5O. The van der Waals surface area contributed by atoms with Gasteiger partial charge < -0.3 is 5.32 Å². The van der Waals surface area contributed by atoms with Gasteiger partial charge >= 0.3 is 6.18 Å². The van der Waals surface area contributed by atoms with Crippen molar-refractivity contribution in [1.29, 1.82) is 0 Å². The fourth-order valence-electron chi connectivity index (χ4n) is 2.41. The van der Waals surface area contributed by atoms with Crippen LogP contribution in [0.2, 0.25) is 5.02 Å². The number of rotatable bonds is 4. The van der Waals surface area contributed by atoms with E-state index in [2.05, 4.69) is 20.8 Å². The van der Waals surface area contributed by atoms with Crippen molar-refractivity contribution in [2.45, 2.75) is 13.1 Å². The number of aromatic nitrogens is 4. The summed E-state index contributed by atoms with van der Waals surface area (Å²) in [5.74, 6) is 0.0701. The first-order valence-corrected chi connectivity index (χ1v) is 8.33. The Hall–Kier alpha value is -3.20. The van der Waals surface area contributed by atoms with Crippen molar-refractivity contribution in [3.05, 3.63) is 70.5 Å². The maximum absolute atomic E-state index is 12.9. The van der Waals surface area contributed by atoms with Crippen LogP contribution in [0.5, 0.6) is 0 Å². The summed E-state index contributed by atoms with van der Waals surface area (Å²) >= 11 is 5.58. The first-order valence-electron chi connectivity index (χ1n) is 7.95. The van der Waals surface area contributed by atoms with Crippen LogP contribution in [-0.4, -0.2) is 26.1 Å². The van der Waals surface area contributed by atoms with Gasteiger partial charge in [-0.05, 0) is 59.3 Å². The summed E-state index contributed by atoms with van der Waals surface area (Å²) in [5.41, 5.74) is 0.372. The molecule has 10 heteroatoms. The fourth-order valence-corrected chi connectivity index (χ4v) is 2.63. The van der Waals surface area contributed by atoms with Gasteiger partial charge in [-0.2, -0.15) is 17.9 Å². The summed E-state index contributed by atoms with van der Waals surface area (Å²) in [6.07, 6.45) is -2.16. The quantitative estimate of drug-likeness (QED) is 0.655. The molecule has 0 unspecified atom stereocenters. The largest absolute Gasteiger partial charge is 0.417 e. The molecule has 0 saturated carbocycles. The minimum absolute atomic E-state index is 0.199. The number of halogens is 4. The molecule has 0 radical (unpaired) electrons. The number of carbonyl (C=O) groups excluding carboxylic acids is 1. The number of tetrazole rings is 1. The Kier molecular flexibility index (Phi) is 5.46. The van der Waals surface area contributed by atoms with Crippen molar-refractivity contribution in [2.75, 3.05) is 5.32 Å². The van der Waals surface area contributed by atoms with Crippen molar-refractivity contribution < 1.29 is 18.0 Å². The van der Waals surface area contributed by atoms with E-state index in [-0.39, 0.29) is 5.56 Å². The SMILES string of the molecule is Cc1nnnn1-c1cccc(NC(=O)/C=C/c2ccc(Cl)c(C(F)(F)F)c2)c1. The number of amides is 1. The zero-order valence-corrected chi connectivity index (χ0v) is 15.2. The van der Waals surface area contributed by atoms with E-state index < -0.39 is 22.7 Å². The Morgan fingerprint density at radius 1 is 1.21 bits per heavy atom. The lowest BCUT2D eigenvalue weighted by atomic mass is 10.1. The zero-order valence-electron chi connectivity index (χ0n) is 14.4. The molecule has 0 saturated heterocycles. The molecule has 1 aromatic heterocycles. The molecule has 3 rings (SSSR count). The smallest absolute Gasteiger partial charge is 0.322 e. The molecule has 0 spiro atoms. The van der Waals surface area contributed by atoms with Crippen molar-refractivity contribution in [3.8, 4) is 5.69 Å². The summed E-state index contributed by atoms with van der Waals surface area (Å²) in [7, 11) is 0. The second-order valence-corrected chi connectivity index (χ2v) is 6.16. The number of nitrogens with one attached hydrogen (secondary N) is 1. The van der Waals surface area contributed by atoms with E-state index in [0.29, 0.717) is 17.2 Å². The summed E-state index contributed by atoms with van der Waals surface area (Å²) in [4.78, 5) is 12.1. The van der Waals surface area contributed by atoms with Gasteiger partial charge in [0.05, 0.1) is 16.3 Å². The van der Waals surface area contributed by atoms with Crippen molar-refractivity contribution in [3.63, 3.8) is 0 Å². The second-order valence-electron chi connectivity index (χ2n) is 5.75. The van der Waals surface area contributed by atoms with Gasteiger partial charge in [-0.1, -0.05) is 23.7 Å². The Morgan fingerprint density at radius 2 is 2.00 bits per heavy atom. The number of benzene rings is 2. The maximum Gasteiger partial charge on any atom is 0.417 e. The number of aryl methyl sites for hydroxylation is 1. The molecule has 3 aromatic rings. The second kappa shape index (κ2) is 7.81. The predicted molar refractivity (Wildman–Crippen MR) is 98.0 cm³/mol. The van der Waals surface area contributed by atoms with Crippen LogP contribution in [0.15, 0.2) is 48.5 Å². The first-order chi connectivity index (χ1) is 13.2. The van der Waals surface area contributed by atoms with Crippen LogP contribution in [0, 0.1) is 6.92 Å². The molecule has 1 N–H and O–H groups in total. The molecule has 0 fully saturated rings. The van der Waals surface area contributed by atoms with Gasteiger partial charge in [0.2, 0.25) is 5.91 Å². The number of anilines is 1. The van der Waals surface area contributed by atoms with E-state index in [1.165, 1.54) is 16.8 Å². The maximum atomic E-state index is 12.9. The number of hydrogen-bond acceptors (Lipinski definition) is 4. The van der Waals surface area contributed by atoms with E-state index in [9.17, 15) is 18.0 Å². The standard InChI is InChI=1S/C18H13ClF3N5O/c1-11-24-25-26-27(11)14-4-2-3-13(10-14)23-17(28)8-6-12-5-7-16(19)15(9-12)18(20,21)22/h2-10H,1H3,(H,23,28)/b8-6+. The van der Waals surface area contributed by atoms with Gasteiger partial charge in [0, 0.05) is 11.8 Å². The average molecular weight is 408 g/mol. The lowest BCUT2D eigenvalue weighted by Gasteiger charge is -2.09. The molecule has 6 nitrogen and oxygen atoms in total. The van der Waals surface area contributed by atoms with Gasteiger partial charge in [-0.3, -0.25) is 4.79 Å². The minimum Gasteiger partial charge on any atom is -0.322 e. The van der Waals surface area contributed by atoms with Crippen LogP contribution < -0.4 is 5.32 Å². The van der Waals surface area contributed by atoms with E-state index >= 15 is 0 Å². The Labute approximate surface area is 162 Å². The Morgan fingerprint density at radius 3 is 2.68 bits per heavy atom. The topological polar surface area (TPSA) is 72.7 Å². The summed E-state index contributed by atoms with van der Waals surface area (Å²) < 4.78 is 40.2. The van der Waals surface area contributed by atoms with Gasteiger partial charge in [0.1, 0.15) is 0 Å². The van der Waals surface area contributed by atoms with E-state index in [1.807, 2.05) is 0 Å². The van der Waals surface area contributed by atoms with Crippen LogP contribution in [0.25, 0.3) is 11.8 Å². The molecule has 28 heavy (non-hydrogen) atoms. The van der Waals surface area contributed by atoms with Crippen LogP contribution in [0.1, 0.15) is 17.0 Å². The van der Waals surface area contributed by atoms with Gasteiger partial charge in [0.25, 0.3) is 0 Å². The third-order valence-electron chi connectivity index (χ3n) is 3.71. The van der Waals surface area contributed by atoms with Crippen molar-refractivity contribution in [2.24, 2.45) is 0 Å². The highest BCUT2D eigenvalue weighted by atomic mass is 35.5. The third-order valence-corrected chi connectivity index (χ3v) is 4.04. The van der Waals surface area contributed by atoms with Crippen LogP contribution >= 0.6 is 11.6 Å². The monoisotopic (exact) mass is 407 g/mol. The fraction of sp³-hybridized carbons (Fsp3) is 0.111. The van der Waals surface area contributed by atoms with E-state index in [1.54, 1.807) is 31.2 Å². The lowest BCUT2D eigenvalue weighted by molar-refractivity contribution is -0.137. The third kappa shape index (κ3) is 4.55. The molecule has 1 amide bonds. The number of nitrogens with zero attached hydrogens (tertiary/aromatic N) is 4. The molecule has 1 heterocycles. The molecule has 2 aromatic carbocycles. The summed E-state index contributed by atoms with van der Waals surface area (Å²) in [6, 6.07) is 10.2. The highest BCUT2D eigenvalue weighted by Crippen LogP contribution is 2.35. The Bertz CT molecular complexity index is 1050. The predicted octanol–water partition coefficient (Wildman–Crippen LogP) is 4.29. The summed E-state index contributed by atoms with van der Waals surface area (Å²) in [5, 5.41) is 13.4. The Balaban J connectivity index is 1.74. The highest BCUT2D eigenvalue weighted by Gasteiger charge is 2.33. The molecule has 0 aliphatic rings. The molecule has 0 aliphatic carbocycles. The minimum atomic E-state index is -4.57. The molecule has 144 valence electrons.